The van der Waals surface area contributed by atoms with Crippen LogP contribution in [-0.2, 0) is 11.3 Å². The highest BCUT2D eigenvalue weighted by molar-refractivity contribution is 5.73. The maximum Gasteiger partial charge on any atom is 0.219 e. The van der Waals surface area contributed by atoms with Gasteiger partial charge in [-0.1, -0.05) is 42.5 Å². The average Bonchev–Trinajstić information content (AvgIpc) is 2.63. The molecule has 0 atom stereocenters. The minimum atomic E-state index is 0.162. The summed E-state index contributed by atoms with van der Waals surface area (Å²) in [5.41, 5.74) is 3.99. The van der Waals surface area contributed by atoms with Crippen LogP contribution in [-0.4, -0.2) is 41.9 Å². The van der Waals surface area contributed by atoms with Crippen molar-refractivity contribution in [3.8, 4) is 17.2 Å². The van der Waals surface area contributed by atoms with E-state index in [2.05, 4.69) is 35.2 Å². The maximum absolute atomic E-state index is 11.4. The predicted octanol–water partition coefficient (Wildman–Crippen LogP) is 2.89. The summed E-state index contributed by atoms with van der Waals surface area (Å²) in [6.45, 7) is 5.97. The van der Waals surface area contributed by atoms with E-state index in [9.17, 15) is 10.1 Å². The van der Waals surface area contributed by atoms with E-state index in [1.807, 2.05) is 29.2 Å². The van der Waals surface area contributed by atoms with Crippen molar-refractivity contribution in [2.75, 3.05) is 26.2 Å². The number of carbonyl (C=O) groups is 1. The Balaban J connectivity index is 1.66. The third kappa shape index (κ3) is 3.64. The predicted molar refractivity (Wildman–Crippen MR) is 94.1 cm³/mol. The number of carbonyl (C=O) groups excluding carboxylic acids is 1. The van der Waals surface area contributed by atoms with Crippen molar-refractivity contribution in [3.05, 3.63) is 59.7 Å². The first-order valence-electron chi connectivity index (χ1n) is 8.23. The first kappa shape index (κ1) is 16.2. The summed E-state index contributed by atoms with van der Waals surface area (Å²) < 4.78 is 0. The fraction of sp³-hybridized carbons (Fsp3) is 0.300. The Morgan fingerprint density at radius 3 is 2.33 bits per heavy atom. The molecular weight excluding hydrogens is 298 g/mol. The highest BCUT2D eigenvalue weighted by atomic mass is 16.2. The molecule has 2 aromatic rings. The zero-order valence-corrected chi connectivity index (χ0v) is 13.9. The highest BCUT2D eigenvalue weighted by Gasteiger charge is 2.18. The zero-order valence-electron chi connectivity index (χ0n) is 13.9. The van der Waals surface area contributed by atoms with Crippen molar-refractivity contribution in [3.63, 3.8) is 0 Å². The van der Waals surface area contributed by atoms with Crippen molar-refractivity contribution < 1.29 is 4.79 Å². The summed E-state index contributed by atoms with van der Waals surface area (Å²) in [5.74, 6) is 0.162. The molecule has 4 heteroatoms. The Hall–Kier alpha value is -2.64. The molecule has 0 aromatic heterocycles. The molecule has 0 N–H and O–H groups in total. The van der Waals surface area contributed by atoms with E-state index in [0.29, 0.717) is 5.56 Å². The van der Waals surface area contributed by atoms with E-state index in [4.69, 9.17) is 0 Å². The number of nitriles is 1. The first-order chi connectivity index (χ1) is 11.7. The molecule has 0 saturated carbocycles. The van der Waals surface area contributed by atoms with Gasteiger partial charge in [-0.2, -0.15) is 5.26 Å². The number of piperazine rings is 1. The minimum absolute atomic E-state index is 0.162. The lowest BCUT2D eigenvalue weighted by Crippen LogP contribution is -2.47. The molecule has 24 heavy (non-hydrogen) atoms. The molecule has 0 aliphatic carbocycles. The van der Waals surface area contributed by atoms with Crippen LogP contribution in [0.3, 0.4) is 0 Å². The fourth-order valence-electron chi connectivity index (χ4n) is 3.10. The number of hydrogen-bond acceptors (Lipinski definition) is 3. The number of nitrogens with zero attached hydrogens (tertiary/aromatic N) is 3. The zero-order chi connectivity index (χ0) is 16.9. The van der Waals surface area contributed by atoms with Gasteiger partial charge in [0, 0.05) is 39.6 Å². The number of hydrogen-bond donors (Lipinski definition) is 0. The van der Waals surface area contributed by atoms with Gasteiger partial charge in [-0.3, -0.25) is 9.69 Å². The summed E-state index contributed by atoms with van der Waals surface area (Å²) in [6, 6.07) is 18.3. The van der Waals surface area contributed by atoms with Crippen LogP contribution in [0.5, 0.6) is 0 Å². The van der Waals surface area contributed by atoms with Crippen LogP contribution in [0.25, 0.3) is 11.1 Å². The Kier molecular flexibility index (Phi) is 4.93. The molecule has 2 aromatic carbocycles. The Labute approximate surface area is 142 Å². The van der Waals surface area contributed by atoms with Crippen LogP contribution >= 0.6 is 0 Å². The second-order valence-electron chi connectivity index (χ2n) is 6.14. The summed E-state index contributed by atoms with van der Waals surface area (Å²) in [4.78, 5) is 15.6. The molecule has 0 spiro atoms. The Bertz CT molecular complexity index is 753. The molecule has 0 radical (unpaired) electrons. The van der Waals surface area contributed by atoms with Gasteiger partial charge in [-0.25, -0.2) is 0 Å². The molecule has 1 aliphatic rings. The second kappa shape index (κ2) is 7.29. The van der Waals surface area contributed by atoms with Crippen molar-refractivity contribution in [2.45, 2.75) is 13.5 Å². The van der Waals surface area contributed by atoms with Crippen molar-refractivity contribution >= 4 is 5.91 Å². The standard InChI is InChI=1S/C20H21N3O/c1-16(24)23-12-10-22(11-13-23)15-17-6-8-18(9-7-17)20-5-3-2-4-19(20)14-21/h2-9H,10-13,15H2,1H3. The van der Waals surface area contributed by atoms with E-state index in [1.165, 1.54) is 5.56 Å². The molecular formula is C20H21N3O. The van der Waals surface area contributed by atoms with E-state index < -0.39 is 0 Å². The van der Waals surface area contributed by atoms with E-state index in [-0.39, 0.29) is 5.91 Å². The normalized spacial score (nSPS) is 15.1. The van der Waals surface area contributed by atoms with Crippen LogP contribution in [0, 0.1) is 11.3 Å². The van der Waals surface area contributed by atoms with Crippen LogP contribution in [0.1, 0.15) is 18.1 Å². The van der Waals surface area contributed by atoms with Crippen molar-refractivity contribution in [2.24, 2.45) is 0 Å². The molecule has 1 saturated heterocycles. The van der Waals surface area contributed by atoms with E-state index in [1.54, 1.807) is 6.92 Å². The van der Waals surface area contributed by atoms with Crippen LogP contribution in [0.15, 0.2) is 48.5 Å². The number of rotatable bonds is 3. The van der Waals surface area contributed by atoms with Gasteiger partial charge >= 0.3 is 0 Å². The van der Waals surface area contributed by atoms with Gasteiger partial charge in [-0.15, -0.1) is 0 Å². The van der Waals surface area contributed by atoms with Gasteiger partial charge in [-0.05, 0) is 22.8 Å². The molecule has 0 bridgehead atoms. The lowest BCUT2D eigenvalue weighted by molar-refractivity contribution is -0.130. The summed E-state index contributed by atoms with van der Waals surface area (Å²) in [6.07, 6.45) is 0. The maximum atomic E-state index is 11.4. The lowest BCUT2D eigenvalue weighted by Gasteiger charge is -2.34. The second-order valence-corrected chi connectivity index (χ2v) is 6.14. The van der Waals surface area contributed by atoms with Crippen molar-refractivity contribution in [1.29, 1.82) is 5.26 Å². The van der Waals surface area contributed by atoms with Crippen LogP contribution in [0.4, 0.5) is 0 Å². The molecule has 122 valence electrons. The largest absolute Gasteiger partial charge is 0.340 e. The smallest absolute Gasteiger partial charge is 0.219 e. The first-order valence-corrected chi connectivity index (χ1v) is 8.23. The van der Waals surface area contributed by atoms with Gasteiger partial charge in [0.1, 0.15) is 0 Å². The fourth-order valence-corrected chi connectivity index (χ4v) is 3.10. The Morgan fingerprint density at radius 1 is 1.04 bits per heavy atom. The Morgan fingerprint density at radius 2 is 1.71 bits per heavy atom. The molecule has 4 nitrogen and oxygen atoms in total. The topological polar surface area (TPSA) is 47.3 Å². The number of amides is 1. The number of benzene rings is 2. The monoisotopic (exact) mass is 319 g/mol. The van der Waals surface area contributed by atoms with Gasteiger partial charge < -0.3 is 4.90 Å². The summed E-state index contributed by atoms with van der Waals surface area (Å²) >= 11 is 0. The molecule has 1 fully saturated rings. The van der Waals surface area contributed by atoms with Gasteiger partial charge in [0.05, 0.1) is 11.6 Å². The summed E-state index contributed by atoms with van der Waals surface area (Å²) in [5, 5.41) is 9.23. The van der Waals surface area contributed by atoms with Crippen molar-refractivity contribution in [1.82, 2.24) is 9.80 Å². The molecule has 1 amide bonds. The third-order valence-electron chi connectivity index (χ3n) is 4.54. The third-order valence-corrected chi connectivity index (χ3v) is 4.54. The molecule has 0 unspecified atom stereocenters. The minimum Gasteiger partial charge on any atom is -0.340 e. The van der Waals surface area contributed by atoms with E-state index >= 15 is 0 Å². The quantitative estimate of drug-likeness (QED) is 0.874. The molecule has 1 heterocycles. The molecule has 3 rings (SSSR count). The average molecular weight is 319 g/mol. The SMILES string of the molecule is CC(=O)N1CCN(Cc2ccc(-c3ccccc3C#N)cc2)CC1. The van der Waals surface area contributed by atoms with E-state index in [0.717, 1.165) is 43.9 Å². The lowest BCUT2D eigenvalue weighted by atomic mass is 9.99. The van der Waals surface area contributed by atoms with Gasteiger partial charge in [0.25, 0.3) is 0 Å². The van der Waals surface area contributed by atoms with Crippen LogP contribution < -0.4 is 0 Å². The van der Waals surface area contributed by atoms with Gasteiger partial charge in [0.15, 0.2) is 0 Å². The summed E-state index contributed by atoms with van der Waals surface area (Å²) in [7, 11) is 0. The van der Waals surface area contributed by atoms with Gasteiger partial charge in [0.2, 0.25) is 5.91 Å². The highest BCUT2D eigenvalue weighted by Crippen LogP contribution is 2.24. The van der Waals surface area contributed by atoms with Crippen LogP contribution in [0.2, 0.25) is 0 Å². The molecule has 1 aliphatic heterocycles.